The first-order valence-electron chi connectivity index (χ1n) is 10.4. The van der Waals surface area contributed by atoms with Crippen LogP contribution < -0.4 is 10.2 Å². The van der Waals surface area contributed by atoms with Crippen molar-refractivity contribution < 1.29 is 19.5 Å². The van der Waals surface area contributed by atoms with Gasteiger partial charge in [-0.15, -0.1) is 0 Å². The van der Waals surface area contributed by atoms with Gasteiger partial charge in [0.25, 0.3) is 5.91 Å². The molecule has 1 aliphatic heterocycles. The summed E-state index contributed by atoms with van der Waals surface area (Å²) >= 11 is 1.10. The van der Waals surface area contributed by atoms with E-state index in [1.54, 1.807) is 30.3 Å². The molecule has 0 fully saturated rings. The molecule has 0 aliphatic carbocycles. The van der Waals surface area contributed by atoms with Crippen LogP contribution in [0.4, 0.5) is 11.4 Å². The number of rotatable bonds is 6. The Hall–Kier alpha value is -4.17. The van der Waals surface area contributed by atoms with Crippen LogP contribution in [-0.2, 0) is 9.59 Å². The number of carbonyl (C=O) groups excluding carboxylic acids is 2. The number of nitrogens with zero attached hydrogens (tertiary/aromatic N) is 2. The predicted octanol–water partition coefficient (Wildman–Crippen LogP) is 4.81. The maximum Gasteiger partial charge on any atom is 0.337 e. The minimum absolute atomic E-state index is 0.00321. The van der Waals surface area contributed by atoms with Crippen LogP contribution in [0.25, 0.3) is 6.08 Å². The molecule has 3 aromatic carbocycles. The van der Waals surface area contributed by atoms with E-state index in [1.165, 1.54) is 17.0 Å². The lowest BCUT2D eigenvalue weighted by Crippen LogP contribution is -2.31. The molecule has 0 spiro atoms. The molecule has 1 aliphatic rings. The van der Waals surface area contributed by atoms with Gasteiger partial charge < -0.3 is 10.4 Å². The van der Waals surface area contributed by atoms with Crippen molar-refractivity contribution >= 4 is 52.2 Å². The summed E-state index contributed by atoms with van der Waals surface area (Å²) in [6.07, 6.45) is 1.72. The van der Waals surface area contributed by atoms with E-state index in [9.17, 15) is 19.5 Å². The number of carboxylic acid groups (broad SMARTS) is 1. The molecule has 4 rings (SSSR count). The quantitative estimate of drug-likeness (QED) is 0.503. The molecule has 1 heterocycles. The monoisotopic (exact) mass is 471 g/mol. The minimum atomic E-state index is -1.13. The van der Waals surface area contributed by atoms with Gasteiger partial charge >= 0.3 is 5.97 Å². The van der Waals surface area contributed by atoms with Gasteiger partial charge in [0.1, 0.15) is 5.70 Å². The number of amides is 2. The van der Waals surface area contributed by atoms with Crippen molar-refractivity contribution in [2.75, 3.05) is 16.0 Å². The Morgan fingerprint density at radius 1 is 1.00 bits per heavy atom. The lowest BCUT2D eigenvalue weighted by molar-refractivity contribution is -0.114. The summed E-state index contributed by atoms with van der Waals surface area (Å²) in [5.41, 5.74) is 3.09. The van der Waals surface area contributed by atoms with Crippen LogP contribution in [0, 0.1) is 6.92 Å². The SMILES string of the molecule is Cc1ccc(/C=C2\N=C(SCC(=O)Nc3ccccc3C(=O)O)N(c3ccccc3)C2=O)cc1. The number of benzene rings is 3. The highest BCUT2D eigenvalue weighted by atomic mass is 32.2. The van der Waals surface area contributed by atoms with Crippen LogP contribution in [0.3, 0.4) is 0 Å². The summed E-state index contributed by atoms with van der Waals surface area (Å²) in [6, 6.07) is 23.0. The number of hydrogen-bond acceptors (Lipinski definition) is 5. The highest BCUT2D eigenvalue weighted by Gasteiger charge is 2.32. The van der Waals surface area contributed by atoms with Crippen LogP contribution in [0.5, 0.6) is 0 Å². The number of aryl methyl sites for hydroxylation is 1. The van der Waals surface area contributed by atoms with Gasteiger partial charge in [0.05, 0.1) is 22.7 Å². The molecule has 0 atom stereocenters. The first kappa shape index (κ1) is 23.0. The molecule has 170 valence electrons. The van der Waals surface area contributed by atoms with Gasteiger partial charge in [-0.05, 0) is 42.8 Å². The van der Waals surface area contributed by atoms with Gasteiger partial charge in [-0.3, -0.25) is 14.5 Å². The number of aromatic carboxylic acids is 1. The van der Waals surface area contributed by atoms with Gasteiger partial charge in [0, 0.05) is 0 Å². The third-order valence-electron chi connectivity index (χ3n) is 4.99. The molecule has 0 bridgehead atoms. The summed E-state index contributed by atoms with van der Waals surface area (Å²) in [7, 11) is 0. The fourth-order valence-corrected chi connectivity index (χ4v) is 4.13. The van der Waals surface area contributed by atoms with E-state index in [-0.39, 0.29) is 28.6 Å². The molecule has 0 aromatic heterocycles. The highest BCUT2D eigenvalue weighted by molar-refractivity contribution is 8.14. The maximum atomic E-state index is 13.2. The first-order valence-corrected chi connectivity index (χ1v) is 11.4. The molecule has 0 saturated heterocycles. The summed E-state index contributed by atoms with van der Waals surface area (Å²) in [6.45, 7) is 1.99. The van der Waals surface area contributed by atoms with Crippen molar-refractivity contribution in [2.45, 2.75) is 6.92 Å². The highest BCUT2D eigenvalue weighted by Crippen LogP contribution is 2.29. The molecular weight excluding hydrogens is 450 g/mol. The smallest absolute Gasteiger partial charge is 0.337 e. The van der Waals surface area contributed by atoms with Crippen LogP contribution in [0.15, 0.2) is 89.6 Å². The number of thioether (sulfide) groups is 1. The molecule has 2 N–H and O–H groups in total. The molecule has 34 heavy (non-hydrogen) atoms. The molecule has 7 nitrogen and oxygen atoms in total. The summed E-state index contributed by atoms with van der Waals surface area (Å²) < 4.78 is 0. The molecule has 3 aromatic rings. The Labute approximate surface area is 200 Å². The Bertz CT molecular complexity index is 1300. The van der Waals surface area contributed by atoms with Gasteiger partial charge in [-0.2, -0.15) is 0 Å². The van der Waals surface area contributed by atoms with Crippen molar-refractivity contribution in [1.82, 2.24) is 0 Å². The van der Waals surface area contributed by atoms with E-state index in [1.807, 2.05) is 49.4 Å². The van der Waals surface area contributed by atoms with Gasteiger partial charge in [-0.25, -0.2) is 9.79 Å². The Balaban J connectivity index is 1.56. The van der Waals surface area contributed by atoms with Crippen molar-refractivity contribution in [2.24, 2.45) is 4.99 Å². The second-order valence-corrected chi connectivity index (χ2v) is 8.44. The van der Waals surface area contributed by atoms with E-state index in [4.69, 9.17) is 0 Å². The number of anilines is 2. The largest absolute Gasteiger partial charge is 0.478 e. The van der Waals surface area contributed by atoms with Crippen LogP contribution in [-0.4, -0.2) is 33.8 Å². The van der Waals surface area contributed by atoms with Gasteiger partial charge in [0.15, 0.2) is 5.17 Å². The zero-order valence-electron chi connectivity index (χ0n) is 18.3. The van der Waals surface area contributed by atoms with Crippen LogP contribution >= 0.6 is 11.8 Å². The van der Waals surface area contributed by atoms with Gasteiger partial charge in [0.2, 0.25) is 5.91 Å². The molecule has 2 amide bonds. The molecule has 8 heteroatoms. The van der Waals surface area contributed by atoms with E-state index in [0.717, 1.165) is 22.9 Å². The summed E-state index contributed by atoms with van der Waals surface area (Å²) in [5.74, 6) is -1.87. The average Bonchev–Trinajstić information content (AvgIpc) is 3.14. The molecule has 0 saturated carbocycles. The van der Waals surface area contributed by atoms with E-state index >= 15 is 0 Å². The van der Waals surface area contributed by atoms with Gasteiger partial charge in [-0.1, -0.05) is 71.9 Å². The summed E-state index contributed by atoms with van der Waals surface area (Å²) in [4.78, 5) is 43.2. The maximum absolute atomic E-state index is 13.2. The van der Waals surface area contributed by atoms with Crippen molar-refractivity contribution in [3.8, 4) is 0 Å². The fraction of sp³-hybridized carbons (Fsp3) is 0.0769. The number of carboxylic acids is 1. The first-order chi connectivity index (χ1) is 16.4. The van der Waals surface area contributed by atoms with E-state index < -0.39 is 11.9 Å². The second kappa shape index (κ2) is 10.2. The Morgan fingerprint density at radius 2 is 1.68 bits per heavy atom. The minimum Gasteiger partial charge on any atom is -0.478 e. The molecule has 0 radical (unpaired) electrons. The number of amidine groups is 1. The Morgan fingerprint density at radius 3 is 2.38 bits per heavy atom. The number of para-hydroxylation sites is 2. The van der Waals surface area contributed by atoms with Crippen molar-refractivity contribution in [3.05, 3.63) is 101 Å². The lowest BCUT2D eigenvalue weighted by Gasteiger charge is -2.17. The van der Waals surface area contributed by atoms with E-state index in [2.05, 4.69) is 10.3 Å². The van der Waals surface area contributed by atoms with Crippen LogP contribution in [0.2, 0.25) is 0 Å². The van der Waals surface area contributed by atoms with Crippen molar-refractivity contribution in [3.63, 3.8) is 0 Å². The topological polar surface area (TPSA) is 99.1 Å². The lowest BCUT2D eigenvalue weighted by atomic mass is 10.1. The average molecular weight is 472 g/mol. The van der Waals surface area contributed by atoms with Crippen molar-refractivity contribution in [1.29, 1.82) is 0 Å². The second-order valence-electron chi connectivity index (χ2n) is 7.50. The zero-order valence-corrected chi connectivity index (χ0v) is 19.1. The number of aliphatic imine (C=N–C) groups is 1. The standard InChI is InChI=1S/C26H21N3O4S/c1-17-11-13-18(14-12-17)15-22-24(31)29(19-7-3-2-4-8-19)26(28-22)34-16-23(30)27-21-10-6-5-9-20(21)25(32)33/h2-15H,16H2,1H3,(H,27,30)(H,32,33)/b22-15-. The number of nitrogens with one attached hydrogen (secondary N) is 1. The number of hydrogen-bond donors (Lipinski definition) is 2. The molecular formula is C26H21N3O4S. The number of carbonyl (C=O) groups is 3. The zero-order chi connectivity index (χ0) is 24.1. The third-order valence-corrected chi connectivity index (χ3v) is 5.93. The predicted molar refractivity (Wildman–Crippen MR) is 135 cm³/mol. The van der Waals surface area contributed by atoms with Crippen LogP contribution in [0.1, 0.15) is 21.5 Å². The Kier molecular flexibility index (Phi) is 6.89. The third kappa shape index (κ3) is 5.24. The molecule has 0 unspecified atom stereocenters. The summed E-state index contributed by atoms with van der Waals surface area (Å²) in [5, 5.41) is 12.3. The van der Waals surface area contributed by atoms with E-state index in [0.29, 0.717) is 10.9 Å². The normalized spacial score (nSPS) is 14.3. The fourth-order valence-electron chi connectivity index (χ4n) is 3.31.